The quantitative estimate of drug-likeness (QED) is 0.404. The van der Waals surface area contributed by atoms with Gasteiger partial charge in [0.2, 0.25) is 0 Å². The highest BCUT2D eigenvalue weighted by Crippen LogP contribution is 2.22. The van der Waals surface area contributed by atoms with E-state index in [1.165, 1.54) is 24.3 Å². The summed E-state index contributed by atoms with van der Waals surface area (Å²) in [4.78, 5) is 0. The number of anilines is 2. The molecule has 160 valence electrons. The van der Waals surface area contributed by atoms with Crippen LogP contribution in [0.3, 0.4) is 0 Å². The zero-order valence-electron chi connectivity index (χ0n) is 15.8. The van der Waals surface area contributed by atoms with Gasteiger partial charge in [-0.15, -0.1) is 0 Å². The lowest BCUT2D eigenvalue weighted by atomic mass is 9.91. The third kappa shape index (κ3) is 6.63. The van der Waals surface area contributed by atoms with E-state index in [0.29, 0.717) is 21.6 Å². The van der Waals surface area contributed by atoms with E-state index in [1.807, 2.05) is 0 Å². The number of halogens is 4. The van der Waals surface area contributed by atoms with Crippen molar-refractivity contribution in [2.24, 2.45) is 0 Å². The van der Waals surface area contributed by atoms with E-state index in [0.717, 1.165) is 25.7 Å². The third-order valence-corrected chi connectivity index (χ3v) is 5.77. The fourth-order valence-corrected chi connectivity index (χ4v) is 4.17. The van der Waals surface area contributed by atoms with Gasteiger partial charge in [0.1, 0.15) is 11.6 Å². The summed E-state index contributed by atoms with van der Waals surface area (Å²) >= 11 is 22.3. The average Bonchev–Trinajstić information content (AvgIpc) is 2.69. The van der Waals surface area contributed by atoms with Gasteiger partial charge in [0, 0.05) is 23.5 Å². The molecule has 0 radical (unpaired) electrons. The van der Waals surface area contributed by atoms with Crippen LogP contribution in [0.5, 0.6) is 0 Å². The first-order valence-electron chi connectivity index (χ1n) is 9.35. The summed E-state index contributed by atoms with van der Waals surface area (Å²) in [6.07, 6.45) is 3.65. The van der Waals surface area contributed by atoms with Crippen molar-refractivity contribution in [1.29, 1.82) is 0 Å². The first kappa shape index (κ1) is 22.9. The topological polar surface area (TPSA) is 48.1 Å². The van der Waals surface area contributed by atoms with Crippen LogP contribution in [0.4, 0.5) is 20.2 Å². The van der Waals surface area contributed by atoms with E-state index >= 15 is 0 Å². The minimum Gasteiger partial charge on any atom is -0.360 e. The lowest BCUT2D eigenvalue weighted by Gasteiger charge is -2.31. The molecule has 1 aliphatic rings. The van der Waals surface area contributed by atoms with Gasteiger partial charge in [0.25, 0.3) is 0 Å². The van der Waals surface area contributed by atoms with Crippen LogP contribution in [0.25, 0.3) is 0 Å². The molecule has 0 unspecified atom stereocenters. The summed E-state index contributed by atoms with van der Waals surface area (Å²) in [7, 11) is 0. The Morgan fingerprint density at radius 1 is 0.733 bits per heavy atom. The minimum absolute atomic E-state index is 0.0434. The fourth-order valence-electron chi connectivity index (χ4n) is 3.24. The van der Waals surface area contributed by atoms with Crippen LogP contribution in [0.2, 0.25) is 10.0 Å². The van der Waals surface area contributed by atoms with Crippen molar-refractivity contribution in [3.05, 3.63) is 58.1 Å². The maximum absolute atomic E-state index is 13.2. The van der Waals surface area contributed by atoms with Crippen LogP contribution >= 0.6 is 47.6 Å². The molecule has 0 bridgehead atoms. The molecule has 0 heterocycles. The Kier molecular flexibility index (Phi) is 8.05. The predicted octanol–water partition coefficient (Wildman–Crippen LogP) is 5.86. The second kappa shape index (κ2) is 10.5. The number of hydrogen-bond donors (Lipinski definition) is 4. The summed E-state index contributed by atoms with van der Waals surface area (Å²) in [5, 5.41) is 13.6. The van der Waals surface area contributed by atoms with Crippen molar-refractivity contribution in [3.8, 4) is 0 Å². The Bertz CT molecular complexity index is 862. The van der Waals surface area contributed by atoms with E-state index in [1.54, 1.807) is 12.1 Å². The normalized spacial score (nSPS) is 18.4. The molecule has 1 aliphatic carbocycles. The van der Waals surface area contributed by atoms with Crippen molar-refractivity contribution in [3.63, 3.8) is 0 Å². The number of benzene rings is 2. The van der Waals surface area contributed by atoms with E-state index in [2.05, 4.69) is 21.3 Å². The number of rotatable bonds is 4. The number of hydrogen-bond acceptors (Lipinski definition) is 2. The van der Waals surface area contributed by atoms with Gasteiger partial charge in [0.15, 0.2) is 10.2 Å². The molecule has 2 aromatic carbocycles. The Hall–Kier alpha value is -1.74. The molecule has 1 saturated carbocycles. The fraction of sp³-hybridized carbons (Fsp3) is 0.300. The molecule has 0 amide bonds. The Morgan fingerprint density at radius 2 is 1.10 bits per heavy atom. The summed E-state index contributed by atoms with van der Waals surface area (Å²) < 4.78 is 26.5. The molecule has 10 heteroatoms. The summed E-state index contributed by atoms with van der Waals surface area (Å²) in [5.41, 5.74) is 1.26. The van der Waals surface area contributed by atoms with Crippen molar-refractivity contribution in [1.82, 2.24) is 10.6 Å². The average molecular weight is 489 g/mol. The standard InChI is InChI=1S/C20H20Cl2F2N4S2/c21-15-9-13(5-7-17(15)23)27-19(29)25-11-1-2-12(4-3-11)26-20(30)28-14-6-8-18(24)16(22)10-14/h5-12H,1-4H2,(H2,25,27,29)(H2,26,28,30). The van der Waals surface area contributed by atoms with Crippen LogP contribution < -0.4 is 21.3 Å². The molecule has 2 aromatic rings. The van der Waals surface area contributed by atoms with Gasteiger partial charge in [-0.2, -0.15) is 0 Å². The first-order valence-corrected chi connectivity index (χ1v) is 10.9. The molecule has 30 heavy (non-hydrogen) atoms. The summed E-state index contributed by atoms with van der Waals surface area (Å²) in [6.45, 7) is 0. The third-order valence-electron chi connectivity index (χ3n) is 4.75. The van der Waals surface area contributed by atoms with Crippen LogP contribution in [-0.4, -0.2) is 22.3 Å². The predicted molar refractivity (Wildman–Crippen MR) is 128 cm³/mol. The summed E-state index contributed by atoms with van der Waals surface area (Å²) in [5.74, 6) is -0.941. The largest absolute Gasteiger partial charge is 0.360 e. The molecular formula is C20H20Cl2F2N4S2. The highest BCUT2D eigenvalue weighted by atomic mass is 35.5. The van der Waals surface area contributed by atoms with Crippen LogP contribution in [0.15, 0.2) is 36.4 Å². The molecule has 0 spiro atoms. The Morgan fingerprint density at radius 3 is 1.43 bits per heavy atom. The molecular weight excluding hydrogens is 469 g/mol. The van der Waals surface area contributed by atoms with Gasteiger partial charge < -0.3 is 21.3 Å². The highest BCUT2D eigenvalue weighted by molar-refractivity contribution is 7.80. The Balaban J connectivity index is 1.40. The van der Waals surface area contributed by atoms with Gasteiger partial charge in [-0.3, -0.25) is 0 Å². The Labute approximate surface area is 194 Å². The maximum atomic E-state index is 13.2. The monoisotopic (exact) mass is 488 g/mol. The zero-order chi connectivity index (χ0) is 21.7. The van der Waals surface area contributed by atoms with E-state index in [9.17, 15) is 8.78 Å². The van der Waals surface area contributed by atoms with Gasteiger partial charge in [-0.1, -0.05) is 23.2 Å². The van der Waals surface area contributed by atoms with Crippen molar-refractivity contribution in [2.45, 2.75) is 37.8 Å². The zero-order valence-corrected chi connectivity index (χ0v) is 18.9. The molecule has 4 nitrogen and oxygen atoms in total. The van der Waals surface area contributed by atoms with Crippen molar-refractivity contribution in [2.75, 3.05) is 10.6 Å². The molecule has 4 N–H and O–H groups in total. The van der Waals surface area contributed by atoms with Crippen molar-refractivity contribution < 1.29 is 8.78 Å². The van der Waals surface area contributed by atoms with E-state index in [4.69, 9.17) is 47.6 Å². The lowest BCUT2D eigenvalue weighted by molar-refractivity contribution is 0.356. The molecule has 3 rings (SSSR count). The molecule has 0 saturated heterocycles. The first-order chi connectivity index (χ1) is 14.3. The van der Waals surface area contributed by atoms with Crippen molar-refractivity contribution >= 4 is 69.2 Å². The van der Waals surface area contributed by atoms with Crippen LogP contribution in [-0.2, 0) is 0 Å². The van der Waals surface area contributed by atoms with E-state index in [-0.39, 0.29) is 22.1 Å². The lowest BCUT2D eigenvalue weighted by Crippen LogP contribution is -2.45. The van der Waals surface area contributed by atoms with E-state index < -0.39 is 11.6 Å². The summed E-state index contributed by atoms with van der Waals surface area (Å²) in [6, 6.07) is 9.20. The highest BCUT2D eigenvalue weighted by Gasteiger charge is 2.22. The van der Waals surface area contributed by atoms with Gasteiger partial charge in [0.05, 0.1) is 10.0 Å². The van der Waals surface area contributed by atoms with Gasteiger partial charge >= 0.3 is 0 Å². The molecule has 0 atom stereocenters. The SMILES string of the molecule is Fc1ccc(NC(=S)NC2CCC(NC(=S)Nc3ccc(F)c(Cl)c3)CC2)cc1Cl. The minimum atomic E-state index is -0.471. The van der Waals surface area contributed by atoms with Crippen LogP contribution in [0.1, 0.15) is 25.7 Å². The van der Waals surface area contributed by atoms with Gasteiger partial charge in [-0.25, -0.2) is 8.78 Å². The second-order valence-corrected chi connectivity index (χ2v) is 8.63. The molecule has 0 aromatic heterocycles. The molecule has 0 aliphatic heterocycles. The number of nitrogens with one attached hydrogen (secondary N) is 4. The molecule has 1 fully saturated rings. The van der Waals surface area contributed by atoms with Gasteiger partial charge in [-0.05, 0) is 86.5 Å². The van der Waals surface area contributed by atoms with Crippen LogP contribution in [0, 0.1) is 11.6 Å². The second-order valence-electron chi connectivity index (χ2n) is 7.00. The smallest absolute Gasteiger partial charge is 0.170 e. The maximum Gasteiger partial charge on any atom is 0.170 e. The number of thiocarbonyl (C=S) groups is 2.